The maximum Gasteiger partial charge on any atom is 0.210 e. The summed E-state index contributed by atoms with van der Waals surface area (Å²) in [4.78, 5) is 16.2. The highest BCUT2D eigenvalue weighted by Gasteiger charge is 2.22. The average Bonchev–Trinajstić information content (AvgIpc) is 2.23. The predicted molar refractivity (Wildman–Crippen MR) is 53.0 cm³/mol. The van der Waals surface area contributed by atoms with Crippen molar-refractivity contribution in [2.75, 3.05) is 0 Å². The normalized spacial score (nSPS) is 18.1. The van der Waals surface area contributed by atoms with Gasteiger partial charge in [-0.2, -0.15) is 0 Å². The Morgan fingerprint density at radius 1 is 1.29 bits per heavy atom. The summed E-state index contributed by atoms with van der Waals surface area (Å²) in [6.07, 6.45) is 1.47. The molecule has 0 heterocycles. The number of fused-ring (bicyclic) bond motifs is 1. The molecular formula is C11H10NO2. The number of nitrogens with zero attached hydrogens (tertiary/aromatic N) is 1. The van der Waals surface area contributed by atoms with Gasteiger partial charge in [0, 0.05) is 12.0 Å². The molecule has 0 saturated carbocycles. The van der Waals surface area contributed by atoms with Gasteiger partial charge in [0.1, 0.15) is 5.71 Å². The third-order valence-electron chi connectivity index (χ3n) is 2.33. The van der Waals surface area contributed by atoms with Crippen molar-refractivity contribution >= 4 is 11.5 Å². The maximum atomic E-state index is 11.8. The SMILES string of the molecule is [CH2]O/N=C1\CCc2ccccc2C1=O. The van der Waals surface area contributed by atoms with Gasteiger partial charge in [0.2, 0.25) is 5.78 Å². The summed E-state index contributed by atoms with van der Waals surface area (Å²) >= 11 is 0. The van der Waals surface area contributed by atoms with E-state index in [0.717, 1.165) is 17.5 Å². The van der Waals surface area contributed by atoms with Crippen molar-refractivity contribution in [2.24, 2.45) is 5.16 Å². The van der Waals surface area contributed by atoms with Crippen LogP contribution in [0.25, 0.3) is 0 Å². The Bertz CT molecular complexity index is 396. The third kappa shape index (κ3) is 1.41. The lowest BCUT2D eigenvalue weighted by molar-refractivity contribution is 0.105. The molecule has 0 aliphatic heterocycles. The number of benzene rings is 1. The second-order valence-corrected chi connectivity index (χ2v) is 3.15. The number of ketones is 1. The van der Waals surface area contributed by atoms with Gasteiger partial charge in [0.25, 0.3) is 0 Å². The van der Waals surface area contributed by atoms with Crippen molar-refractivity contribution in [3.63, 3.8) is 0 Å². The van der Waals surface area contributed by atoms with E-state index in [1.54, 1.807) is 0 Å². The standard InChI is InChI=1S/C11H10NO2/c1-14-12-10-7-6-8-4-2-3-5-9(8)11(10)13/h2-5H,1,6-7H2/b12-10+. The fourth-order valence-corrected chi connectivity index (χ4v) is 1.65. The largest absolute Gasteiger partial charge is 0.392 e. The van der Waals surface area contributed by atoms with Crippen LogP contribution in [-0.4, -0.2) is 11.5 Å². The number of aryl methyl sites for hydroxylation is 1. The van der Waals surface area contributed by atoms with Crippen molar-refractivity contribution in [3.8, 4) is 0 Å². The lowest BCUT2D eigenvalue weighted by Gasteiger charge is -2.14. The summed E-state index contributed by atoms with van der Waals surface area (Å²) in [6.45, 7) is 0. The Morgan fingerprint density at radius 3 is 2.86 bits per heavy atom. The number of hydrogen-bond acceptors (Lipinski definition) is 3. The molecule has 3 nitrogen and oxygen atoms in total. The van der Waals surface area contributed by atoms with E-state index in [1.807, 2.05) is 24.3 Å². The molecule has 2 rings (SSSR count). The van der Waals surface area contributed by atoms with Crippen LogP contribution in [0.4, 0.5) is 0 Å². The minimum atomic E-state index is -0.0458. The van der Waals surface area contributed by atoms with E-state index in [9.17, 15) is 4.79 Å². The zero-order valence-corrected chi connectivity index (χ0v) is 7.69. The average molecular weight is 188 g/mol. The molecule has 1 radical (unpaired) electrons. The van der Waals surface area contributed by atoms with Crippen molar-refractivity contribution in [1.82, 2.24) is 0 Å². The quantitative estimate of drug-likeness (QED) is 0.632. The van der Waals surface area contributed by atoms with Gasteiger partial charge in [-0.05, 0) is 12.0 Å². The third-order valence-corrected chi connectivity index (χ3v) is 2.33. The molecule has 1 aromatic rings. The van der Waals surface area contributed by atoms with Crippen molar-refractivity contribution in [1.29, 1.82) is 0 Å². The molecule has 0 N–H and O–H groups in total. The van der Waals surface area contributed by atoms with Crippen LogP contribution in [0.5, 0.6) is 0 Å². The molecule has 0 bridgehead atoms. The number of carbonyl (C=O) groups is 1. The molecule has 0 amide bonds. The molecule has 1 aliphatic carbocycles. The Kier molecular flexibility index (Phi) is 2.31. The van der Waals surface area contributed by atoms with Crippen molar-refractivity contribution in [3.05, 3.63) is 42.5 Å². The van der Waals surface area contributed by atoms with Gasteiger partial charge in [-0.1, -0.05) is 29.4 Å². The topological polar surface area (TPSA) is 38.7 Å². The zero-order valence-electron chi connectivity index (χ0n) is 7.69. The predicted octanol–water partition coefficient (Wildman–Crippen LogP) is 1.98. The first-order valence-corrected chi connectivity index (χ1v) is 4.43. The highest BCUT2D eigenvalue weighted by molar-refractivity contribution is 6.47. The number of oxime groups is 1. The van der Waals surface area contributed by atoms with Crippen LogP contribution in [0.2, 0.25) is 0 Å². The molecule has 0 aromatic heterocycles. The molecule has 71 valence electrons. The van der Waals surface area contributed by atoms with E-state index in [1.165, 1.54) is 0 Å². The van der Waals surface area contributed by atoms with Crippen LogP contribution < -0.4 is 0 Å². The van der Waals surface area contributed by atoms with Gasteiger partial charge >= 0.3 is 0 Å². The molecule has 3 heteroatoms. The van der Waals surface area contributed by atoms with Gasteiger partial charge in [-0.3, -0.25) is 4.79 Å². The van der Waals surface area contributed by atoms with E-state index in [0.29, 0.717) is 12.1 Å². The zero-order chi connectivity index (χ0) is 9.97. The highest BCUT2D eigenvalue weighted by atomic mass is 16.6. The van der Waals surface area contributed by atoms with E-state index < -0.39 is 0 Å². The van der Waals surface area contributed by atoms with Gasteiger partial charge in [0.05, 0.1) is 0 Å². The van der Waals surface area contributed by atoms with E-state index >= 15 is 0 Å². The smallest absolute Gasteiger partial charge is 0.210 e. The van der Waals surface area contributed by atoms with E-state index in [4.69, 9.17) is 0 Å². The van der Waals surface area contributed by atoms with Crippen LogP contribution in [0.3, 0.4) is 0 Å². The van der Waals surface area contributed by atoms with E-state index in [-0.39, 0.29) is 5.78 Å². The molecule has 14 heavy (non-hydrogen) atoms. The van der Waals surface area contributed by atoms with Crippen molar-refractivity contribution in [2.45, 2.75) is 12.8 Å². The summed E-state index contributed by atoms with van der Waals surface area (Å²) < 4.78 is 0. The molecule has 0 unspecified atom stereocenters. The first-order chi connectivity index (χ1) is 6.83. The van der Waals surface area contributed by atoms with Gasteiger partial charge in [-0.15, -0.1) is 0 Å². The number of carbonyl (C=O) groups excluding carboxylic acids is 1. The fourth-order valence-electron chi connectivity index (χ4n) is 1.65. The lowest BCUT2D eigenvalue weighted by atomic mass is 9.89. The van der Waals surface area contributed by atoms with Gasteiger partial charge in [-0.25, -0.2) is 0 Å². The Hall–Kier alpha value is -1.64. The monoisotopic (exact) mass is 188 g/mol. The second kappa shape index (κ2) is 3.62. The summed E-state index contributed by atoms with van der Waals surface area (Å²) in [6, 6.07) is 7.57. The van der Waals surface area contributed by atoms with Crippen LogP contribution in [0.1, 0.15) is 22.3 Å². The van der Waals surface area contributed by atoms with E-state index in [2.05, 4.69) is 17.1 Å². The Labute approximate surface area is 82.4 Å². The molecule has 0 atom stereocenters. The summed E-state index contributed by atoms with van der Waals surface area (Å²) in [7, 11) is 3.13. The first-order valence-electron chi connectivity index (χ1n) is 4.43. The van der Waals surface area contributed by atoms with Crippen LogP contribution >= 0.6 is 0 Å². The first kappa shape index (κ1) is 8.94. The number of hydrogen-bond donors (Lipinski definition) is 0. The number of Topliss-reactive ketones (excluding diaryl/α,β-unsaturated/α-hetero) is 1. The Balaban J connectivity index is 2.41. The minimum Gasteiger partial charge on any atom is -0.392 e. The van der Waals surface area contributed by atoms with Crippen molar-refractivity contribution < 1.29 is 9.63 Å². The van der Waals surface area contributed by atoms with Crippen LogP contribution in [0.15, 0.2) is 29.4 Å². The summed E-state index contributed by atoms with van der Waals surface area (Å²) in [5.74, 6) is -0.0458. The highest BCUT2D eigenvalue weighted by Crippen LogP contribution is 2.19. The molecule has 0 saturated heterocycles. The molecular weight excluding hydrogens is 178 g/mol. The van der Waals surface area contributed by atoms with Crippen LogP contribution in [0, 0.1) is 7.11 Å². The Morgan fingerprint density at radius 2 is 2.07 bits per heavy atom. The van der Waals surface area contributed by atoms with Gasteiger partial charge in [0.15, 0.2) is 7.11 Å². The summed E-state index contributed by atoms with van der Waals surface area (Å²) in [5.41, 5.74) is 2.27. The van der Waals surface area contributed by atoms with Gasteiger partial charge < -0.3 is 4.84 Å². The minimum absolute atomic E-state index is 0.0458. The molecule has 1 aromatic carbocycles. The summed E-state index contributed by atoms with van der Waals surface area (Å²) in [5, 5.41) is 3.62. The second-order valence-electron chi connectivity index (χ2n) is 3.15. The molecule has 0 fully saturated rings. The molecule has 0 spiro atoms. The fraction of sp³-hybridized carbons (Fsp3) is 0.182. The lowest BCUT2D eigenvalue weighted by Crippen LogP contribution is -2.22. The van der Waals surface area contributed by atoms with Crippen LogP contribution in [-0.2, 0) is 11.3 Å². The maximum absolute atomic E-state index is 11.8. The number of rotatable bonds is 1. The molecule has 1 aliphatic rings.